The van der Waals surface area contributed by atoms with Crippen molar-refractivity contribution in [3.8, 4) is 0 Å². The smallest absolute Gasteiger partial charge is 0.271 e. The van der Waals surface area contributed by atoms with Crippen LogP contribution in [0.15, 0.2) is 24.5 Å². The van der Waals surface area contributed by atoms with Crippen LogP contribution in [0.4, 0.5) is 17.3 Å². The number of hydrogen-bond donors (Lipinski definition) is 4. The number of pyridine rings is 1. The van der Waals surface area contributed by atoms with Gasteiger partial charge in [-0.3, -0.25) is 14.6 Å². The molecule has 9 heteroatoms. The van der Waals surface area contributed by atoms with E-state index in [-0.39, 0.29) is 17.4 Å². The van der Waals surface area contributed by atoms with Crippen LogP contribution in [0.2, 0.25) is 0 Å². The molecule has 1 aliphatic rings. The Bertz CT molecular complexity index is 880. The number of rotatable bonds is 9. The van der Waals surface area contributed by atoms with Crippen molar-refractivity contribution >= 4 is 29.1 Å². The zero-order valence-electron chi connectivity index (χ0n) is 16.0. The molecule has 1 atom stereocenters. The van der Waals surface area contributed by atoms with Crippen LogP contribution in [-0.2, 0) is 4.79 Å². The van der Waals surface area contributed by atoms with E-state index < -0.39 is 17.9 Å². The maximum Gasteiger partial charge on any atom is 0.271 e. The molecule has 2 aromatic heterocycles. The van der Waals surface area contributed by atoms with Gasteiger partial charge < -0.3 is 22.1 Å². The van der Waals surface area contributed by atoms with Gasteiger partial charge in [0.25, 0.3) is 5.91 Å². The maximum absolute atomic E-state index is 11.8. The molecule has 1 fully saturated rings. The first kappa shape index (κ1) is 19.5. The van der Waals surface area contributed by atoms with Crippen molar-refractivity contribution in [2.45, 2.75) is 45.1 Å². The molecule has 28 heavy (non-hydrogen) atoms. The van der Waals surface area contributed by atoms with Crippen molar-refractivity contribution < 1.29 is 9.59 Å². The van der Waals surface area contributed by atoms with Gasteiger partial charge in [-0.1, -0.05) is 13.8 Å². The molecule has 1 unspecified atom stereocenters. The Balaban J connectivity index is 1.86. The van der Waals surface area contributed by atoms with E-state index in [1.54, 1.807) is 12.3 Å². The molecule has 2 aromatic rings. The predicted molar refractivity (Wildman–Crippen MR) is 106 cm³/mol. The first-order chi connectivity index (χ1) is 13.3. The van der Waals surface area contributed by atoms with Crippen molar-refractivity contribution in [3.63, 3.8) is 0 Å². The van der Waals surface area contributed by atoms with Crippen LogP contribution in [0.3, 0.4) is 0 Å². The largest absolute Gasteiger partial charge is 0.368 e. The summed E-state index contributed by atoms with van der Waals surface area (Å²) in [4.78, 5) is 36.3. The highest BCUT2D eigenvalue weighted by molar-refractivity contribution is 5.96. The van der Waals surface area contributed by atoms with Crippen molar-refractivity contribution in [3.05, 3.63) is 35.9 Å². The molecule has 0 aliphatic heterocycles. The summed E-state index contributed by atoms with van der Waals surface area (Å²) in [5, 5.41) is 6.08. The Morgan fingerprint density at radius 1 is 1.25 bits per heavy atom. The van der Waals surface area contributed by atoms with Gasteiger partial charge in [-0.25, -0.2) is 9.97 Å². The van der Waals surface area contributed by atoms with Crippen molar-refractivity contribution in [1.82, 2.24) is 15.0 Å². The number of anilines is 3. The van der Waals surface area contributed by atoms with E-state index in [2.05, 4.69) is 25.6 Å². The fourth-order valence-electron chi connectivity index (χ4n) is 2.89. The van der Waals surface area contributed by atoms with Gasteiger partial charge in [0.1, 0.15) is 11.9 Å². The first-order valence-electron chi connectivity index (χ1n) is 9.29. The molecule has 2 amide bonds. The van der Waals surface area contributed by atoms with Crippen LogP contribution in [0.1, 0.15) is 55.2 Å². The number of nitrogens with zero attached hydrogens (tertiary/aromatic N) is 3. The molecule has 0 bridgehead atoms. The number of aromatic nitrogens is 3. The molecule has 0 saturated heterocycles. The zero-order valence-corrected chi connectivity index (χ0v) is 16.0. The average molecular weight is 383 g/mol. The monoisotopic (exact) mass is 383 g/mol. The molecular formula is C19H25N7O2. The summed E-state index contributed by atoms with van der Waals surface area (Å²) in [6.45, 7) is 3.99. The quantitative estimate of drug-likeness (QED) is 0.516. The Morgan fingerprint density at radius 2 is 2.00 bits per heavy atom. The molecule has 1 aliphatic carbocycles. The minimum absolute atomic E-state index is 0.00909. The lowest BCUT2D eigenvalue weighted by molar-refractivity contribution is -0.119. The number of hydrogen-bond acceptors (Lipinski definition) is 7. The molecule has 0 spiro atoms. The summed E-state index contributed by atoms with van der Waals surface area (Å²) in [7, 11) is 0. The minimum Gasteiger partial charge on any atom is -0.368 e. The van der Waals surface area contributed by atoms with Crippen LogP contribution in [0, 0.1) is 5.92 Å². The first-order valence-corrected chi connectivity index (χ1v) is 9.29. The van der Waals surface area contributed by atoms with Gasteiger partial charge in [0.2, 0.25) is 5.91 Å². The van der Waals surface area contributed by atoms with E-state index in [0.717, 1.165) is 24.2 Å². The molecule has 148 valence electrons. The number of nitrogens with one attached hydrogen (secondary N) is 2. The van der Waals surface area contributed by atoms with E-state index >= 15 is 0 Å². The lowest BCUT2D eigenvalue weighted by atomic mass is 10.0. The standard InChI is InChI=1S/C19H25N7O2/c1-10(2)7-14(17(20)27)25-15-9-23-16(18(21)28)19(26-15)24-12-5-6-22-13(8-12)11-3-4-11/h5-6,8-11,14H,3-4,7H2,1-2H3,(H2,20,27)(H2,21,28)(H2,22,24,25,26). The number of amides is 2. The molecule has 3 rings (SSSR count). The summed E-state index contributed by atoms with van der Waals surface area (Å²) >= 11 is 0. The maximum atomic E-state index is 11.8. The third kappa shape index (κ3) is 4.93. The summed E-state index contributed by atoms with van der Waals surface area (Å²) < 4.78 is 0. The SMILES string of the molecule is CC(C)CC(Nc1cnc(C(N)=O)c(Nc2ccnc(C3CC3)c2)n1)C(N)=O. The molecule has 0 radical (unpaired) electrons. The second kappa shape index (κ2) is 8.20. The van der Waals surface area contributed by atoms with E-state index in [0.29, 0.717) is 18.2 Å². The minimum atomic E-state index is -0.702. The van der Waals surface area contributed by atoms with E-state index in [4.69, 9.17) is 11.5 Å². The molecule has 0 aromatic carbocycles. The lowest BCUT2D eigenvalue weighted by Gasteiger charge is -2.18. The van der Waals surface area contributed by atoms with Gasteiger partial charge in [-0.05, 0) is 37.3 Å². The van der Waals surface area contributed by atoms with Crippen LogP contribution in [-0.4, -0.2) is 32.8 Å². The second-order valence-electron chi connectivity index (χ2n) is 7.41. The summed E-state index contributed by atoms with van der Waals surface area (Å²) in [5.74, 6) is 0.104. The zero-order chi connectivity index (χ0) is 20.3. The molecule has 9 nitrogen and oxygen atoms in total. The predicted octanol–water partition coefficient (Wildman–Crippen LogP) is 1.90. The van der Waals surface area contributed by atoms with E-state index in [1.165, 1.54) is 6.20 Å². The summed E-state index contributed by atoms with van der Waals surface area (Å²) in [5.41, 5.74) is 12.7. The van der Waals surface area contributed by atoms with E-state index in [1.807, 2.05) is 19.9 Å². The van der Waals surface area contributed by atoms with Crippen LogP contribution in [0.5, 0.6) is 0 Å². The highest BCUT2D eigenvalue weighted by Crippen LogP contribution is 2.39. The van der Waals surface area contributed by atoms with Gasteiger partial charge in [0, 0.05) is 23.5 Å². The number of carbonyl (C=O) groups is 2. The Labute approximate surface area is 163 Å². The Kier molecular flexibility index (Phi) is 5.72. The van der Waals surface area contributed by atoms with Gasteiger partial charge in [-0.2, -0.15) is 0 Å². The highest BCUT2D eigenvalue weighted by atomic mass is 16.1. The number of primary amides is 2. The van der Waals surface area contributed by atoms with E-state index in [9.17, 15) is 9.59 Å². The second-order valence-corrected chi connectivity index (χ2v) is 7.41. The van der Waals surface area contributed by atoms with Crippen LogP contribution in [0.25, 0.3) is 0 Å². The Hall–Kier alpha value is -3.23. The fraction of sp³-hybridized carbons (Fsp3) is 0.421. The molecule has 1 saturated carbocycles. The topological polar surface area (TPSA) is 149 Å². The molecule has 2 heterocycles. The van der Waals surface area contributed by atoms with Crippen LogP contribution < -0.4 is 22.1 Å². The van der Waals surface area contributed by atoms with Gasteiger partial charge in [0.05, 0.1) is 6.20 Å². The van der Waals surface area contributed by atoms with Crippen LogP contribution >= 0.6 is 0 Å². The molecular weight excluding hydrogens is 358 g/mol. The lowest BCUT2D eigenvalue weighted by Crippen LogP contribution is -2.37. The van der Waals surface area contributed by atoms with Crippen molar-refractivity contribution in [2.75, 3.05) is 10.6 Å². The van der Waals surface area contributed by atoms with Gasteiger partial charge in [-0.15, -0.1) is 0 Å². The number of nitrogens with two attached hydrogens (primary N) is 2. The summed E-state index contributed by atoms with van der Waals surface area (Å²) in [6.07, 6.45) is 5.89. The van der Waals surface area contributed by atoms with Gasteiger partial charge >= 0.3 is 0 Å². The number of carbonyl (C=O) groups excluding carboxylic acids is 2. The van der Waals surface area contributed by atoms with Crippen molar-refractivity contribution in [2.24, 2.45) is 17.4 Å². The van der Waals surface area contributed by atoms with Gasteiger partial charge in [0.15, 0.2) is 11.5 Å². The normalized spacial score (nSPS) is 14.5. The third-order valence-corrected chi connectivity index (χ3v) is 4.42. The highest BCUT2D eigenvalue weighted by Gasteiger charge is 2.25. The summed E-state index contributed by atoms with van der Waals surface area (Å²) in [6, 6.07) is 3.11. The average Bonchev–Trinajstić information content (AvgIpc) is 3.46. The molecule has 6 N–H and O–H groups in total. The Morgan fingerprint density at radius 3 is 2.61 bits per heavy atom. The third-order valence-electron chi connectivity index (χ3n) is 4.42. The fourth-order valence-corrected chi connectivity index (χ4v) is 2.89. The van der Waals surface area contributed by atoms with Crippen molar-refractivity contribution in [1.29, 1.82) is 0 Å².